The van der Waals surface area contributed by atoms with Crippen molar-refractivity contribution < 1.29 is 38.1 Å². The van der Waals surface area contributed by atoms with Gasteiger partial charge in [-0.2, -0.15) is 4.73 Å². The molecule has 202 valence electrons. The van der Waals surface area contributed by atoms with Gasteiger partial charge in [0.25, 0.3) is 11.8 Å². The van der Waals surface area contributed by atoms with Crippen molar-refractivity contribution in [2.45, 2.75) is 20.5 Å². The molecule has 2 amide bonds. The summed E-state index contributed by atoms with van der Waals surface area (Å²) in [5.74, 6) is -2.58. The zero-order chi connectivity index (χ0) is 28.3. The summed E-state index contributed by atoms with van der Waals surface area (Å²) in [6.45, 7) is 2.44. The van der Waals surface area contributed by atoms with Gasteiger partial charge in [-0.1, -0.05) is 41.9 Å². The van der Waals surface area contributed by atoms with E-state index in [1.54, 1.807) is 55.5 Å². The molecule has 10 nitrogen and oxygen atoms in total. The number of nitrogens with zero attached hydrogens (tertiary/aromatic N) is 2. The summed E-state index contributed by atoms with van der Waals surface area (Å²) in [5, 5.41) is 13.6. The Balaban J connectivity index is 1.71. The lowest BCUT2D eigenvalue weighted by Gasteiger charge is -2.20. The van der Waals surface area contributed by atoms with Crippen molar-refractivity contribution in [3.05, 3.63) is 92.4 Å². The average molecular weight is 553 g/mol. The first-order valence-corrected chi connectivity index (χ1v) is 12.4. The van der Waals surface area contributed by atoms with Gasteiger partial charge in [0.2, 0.25) is 11.4 Å². The van der Waals surface area contributed by atoms with E-state index in [1.807, 2.05) is 0 Å². The number of pyridine rings is 1. The van der Waals surface area contributed by atoms with Crippen molar-refractivity contribution in [3.63, 3.8) is 0 Å². The summed E-state index contributed by atoms with van der Waals surface area (Å²) in [6.07, 6.45) is 0. The third kappa shape index (κ3) is 5.08. The van der Waals surface area contributed by atoms with Gasteiger partial charge in [0.15, 0.2) is 0 Å². The number of methoxy groups -OCH3 is 1. The summed E-state index contributed by atoms with van der Waals surface area (Å²) >= 11 is 6.45. The Labute approximate surface area is 229 Å². The van der Waals surface area contributed by atoms with Gasteiger partial charge in [-0.15, -0.1) is 0 Å². The lowest BCUT2D eigenvalue weighted by molar-refractivity contribution is -0.623. The van der Waals surface area contributed by atoms with E-state index in [2.05, 4.69) is 0 Å². The molecule has 0 aliphatic carbocycles. The number of halogens is 1. The van der Waals surface area contributed by atoms with Crippen LogP contribution in [0.2, 0.25) is 5.02 Å². The van der Waals surface area contributed by atoms with Gasteiger partial charge in [0, 0.05) is 23.1 Å². The largest absolute Gasteiger partial charge is 0.618 e. The van der Waals surface area contributed by atoms with Crippen LogP contribution < -0.4 is 4.73 Å². The second kappa shape index (κ2) is 11.6. The SMILES string of the molecule is CCOC(=O)c1c(-c2ccccc2Cl)c(C(=O)OC)c(C)[n+]([O-])c1COCCN1C(=O)c2ccccc2C1=O. The van der Waals surface area contributed by atoms with Crippen molar-refractivity contribution in [2.24, 2.45) is 0 Å². The summed E-state index contributed by atoms with van der Waals surface area (Å²) in [4.78, 5) is 52.4. The number of esters is 2. The van der Waals surface area contributed by atoms with Gasteiger partial charge < -0.3 is 19.4 Å². The summed E-state index contributed by atoms with van der Waals surface area (Å²) < 4.78 is 16.3. The molecule has 39 heavy (non-hydrogen) atoms. The summed E-state index contributed by atoms with van der Waals surface area (Å²) in [5.41, 5.74) is 0.503. The van der Waals surface area contributed by atoms with Gasteiger partial charge in [-0.3, -0.25) is 14.5 Å². The van der Waals surface area contributed by atoms with Gasteiger partial charge in [-0.25, -0.2) is 9.59 Å². The first kappa shape index (κ1) is 27.7. The van der Waals surface area contributed by atoms with E-state index < -0.39 is 23.8 Å². The van der Waals surface area contributed by atoms with Crippen molar-refractivity contribution in [1.29, 1.82) is 0 Å². The molecule has 0 saturated heterocycles. The predicted molar refractivity (Wildman–Crippen MR) is 139 cm³/mol. The number of hydrogen-bond donors (Lipinski definition) is 0. The molecule has 0 fully saturated rings. The molecule has 0 unspecified atom stereocenters. The fourth-order valence-electron chi connectivity index (χ4n) is 4.46. The first-order chi connectivity index (χ1) is 18.7. The number of aromatic nitrogens is 1. The Morgan fingerprint density at radius 2 is 1.54 bits per heavy atom. The molecule has 1 aliphatic rings. The Kier molecular flexibility index (Phi) is 8.27. The lowest BCUT2D eigenvalue weighted by atomic mass is 9.92. The normalized spacial score (nSPS) is 12.5. The highest BCUT2D eigenvalue weighted by atomic mass is 35.5. The molecule has 0 saturated carbocycles. The maximum atomic E-state index is 13.4. The number of fused-ring (bicyclic) bond motifs is 1. The minimum absolute atomic E-state index is 0.00112. The van der Waals surface area contributed by atoms with Crippen LogP contribution in [-0.2, 0) is 20.8 Å². The Morgan fingerprint density at radius 1 is 0.949 bits per heavy atom. The maximum absolute atomic E-state index is 13.4. The van der Waals surface area contributed by atoms with Crippen LogP contribution in [0.5, 0.6) is 0 Å². The maximum Gasteiger partial charge on any atom is 0.345 e. The molecule has 3 aromatic rings. The van der Waals surface area contributed by atoms with E-state index in [1.165, 1.54) is 6.92 Å². The highest BCUT2D eigenvalue weighted by molar-refractivity contribution is 6.34. The second-order valence-electron chi connectivity index (χ2n) is 8.50. The third-order valence-electron chi connectivity index (χ3n) is 6.29. The molecule has 1 aliphatic heterocycles. The molecule has 0 bridgehead atoms. The molecular weight excluding hydrogens is 528 g/mol. The zero-order valence-electron chi connectivity index (χ0n) is 21.5. The standard InChI is InChI=1S/C28H25ClN2O8/c1-4-39-28(35)24-21(15-38-14-13-30-25(32)17-9-5-6-10-18(17)26(30)33)31(36)16(2)22(27(34)37-3)23(24)19-11-7-8-12-20(19)29/h5-12H,4,13-15H2,1-3H3. The predicted octanol–water partition coefficient (Wildman–Crippen LogP) is 3.72. The Bertz CT molecular complexity index is 1450. The number of benzene rings is 2. The van der Waals surface area contributed by atoms with E-state index >= 15 is 0 Å². The van der Waals surface area contributed by atoms with Gasteiger partial charge in [-0.05, 0) is 25.1 Å². The molecule has 0 radical (unpaired) electrons. The van der Waals surface area contributed by atoms with Crippen LogP contribution in [0.3, 0.4) is 0 Å². The molecule has 2 aromatic carbocycles. The average Bonchev–Trinajstić information content (AvgIpc) is 3.17. The molecule has 11 heteroatoms. The monoisotopic (exact) mass is 552 g/mol. The highest BCUT2D eigenvalue weighted by Crippen LogP contribution is 2.36. The van der Waals surface area contributed by atoms with E-state index in [0.29, 0.717) is 21.4 Å². The van der Waals surface area contributed by atoms with Crippen molar-refractivity contribution in [1.82, 2.24) is 4.90 Å². The number of carbonyl (C=O) groups is 4. The molecule has 1 aromatic heterocycles. The van der Waals surface area contributed by atoms with Crippen molar-refractivity contribution >= 4 is 35.4 Å². The van der Waals surface area contributed by atoms with Crippen LogP contribution in [0, 0.1) is 12.1 Å². The van der Waals surface area contributed by atoms with Crippen molar-refractivity contribution in [3.8, 4) is 11.1 Å². The van der Waals surface area contributed by atoms with Crippen LogP contribution in [-0.4, -0.2) is 55.5 Å². The van der Waals surface area contributed by atoms with Crippen LogP contribution in [0.1, 0.15) is 59.7 Å². The third-order valence-corrected chi connectivity index (χ3v) is 6.62. The topological polar surface area (TPSA) is 126 Å². The molecule has 2 heterocycles. The quantitative estimate of drug-likeness (QED) is 0.129. The first-order valence-electron chi connectivity index (χ1n) is 12.0. The fraction of sp³-hybridized carbons (Fsp3) is 0.250. The fourth-order valence-corrected chi connectivity index (χ4v) is 4.69. The zero-order valence-corrected chi connectivity index (χ0v) is 22.2. The number of amides is 2. The molecule has 0 N–H and O–H groups in total. The van der Waals surface area contributed by atoms with Gasteiger partial charge in [0.1, 0.15) is 17.7 Å². The van der Waals surface area contributed by atoms with Crippen LogP contribution >= 0.6 is 11.6 Å². The number of rotatable bonds is 9. The number of ether oxygens (including phenoxy) is 3. The molecule has 0 spiro atoms. The minimum Gasteiger partial charge on any atom is -0.618 e. The lowest BCUT2D eigenvalue weighted by Crippen LogP contribution is -2.41. The van der Waals surface area contributed by atoms with Crippen LogP contribution in [0.25, 0.3) is 11.1 Å². The Morgan fingerprint density at radius 3 is 2.10 bits per heavy atom. The van der Waals surface area contributed by atoms with Crippen LogP contribution in [0.15, 0.2) is 48.5 Å². The number of imide groups is 1. The van der Waals surface area contributed by atoms with E-state index in [9.17, 15) is 24.4 Å². The number of hydrogen-bond acceptors (Lipinski definition) is 8. The molecule has 4 rings (SSSR count). The van der Waals surface area contributed by atoms with Crippen LogP contribution in [0.4, 0.5) is 0 Å². The number of carbonyl (C=O) groups excluding carboxylic acids is 4. The highest BCUT2D eigenvalue weighted by Gasteiger charge is 2.37. The summed E-state index contributed by atoms with van der Waals surface area (Å²) in [6, 6.07) is 13.0. The molecular formula is C28H25ClN2O8. The van der Waals surface area contributed by atoms with Gasteiger partial charge in [0.05, 0.1) is 38.0 Å². The van der Waals surface area contributed by atoms with Crippen molar-refractivity contribution in [2.75, 3.05) is 26.9 Å². The smallest absolute Gasteiger partial charge is 0.345 e. The van der Waals surface area contributed by atoms with E-state index in [-0.39, 0.29) is 59.5 Å². The summed E-state index contributed by atoms with van der Waals surface area (Å²) in [7, 11) is 1.16. The van der Waals surface area contributed by atoms with Gasteiger partial charge >= 0.3 is 11.9 Å². The second-order valence-corrected chi connectivity index (χ2v) is 8.91. The van der Waals surface area contributed by atoms with E-state index in [0.717, 1.165) is 12.0 Å². The Hall–Kier alpha value is -4.28. The molecule has 0 atom stereocenters. The minimum atomic E-state index is -0.860. The van der Waals surface area contributed by atoms with E-state index in [4.69, 9.17) is 25.8 Å².